The second-order valence-corrected chi connectivity index (χ2v) is 0.575. The van der Waals surface area contributed by atoms with Crippen molar-refractivity contribution in [2.75, 3.05) is 0 Å². The van der Waals surface area contributed by atoms with Crippen LogP contribution in [0.5, 0.6) is 0 Å². The molecule has 0 rings (SSSR count). The minimum atomic E-state index is -2.19. The quantitative estimate of drug-likeness (QED) is 0.259. The van der Waals surface area contributed by atoms with Gasteiger partial charge in [0.2, 0.25) is 0 Å². The summed E-state index contributed by atoms with van der Waals surface area (Å²) in [4.78, 5) is 17.9. The fourth-order valence-corrected chi connectivity index (χ4v) is 0. The predicted octanol–water partition coefficient (Wildman–Crippen LogP) is -5.54. The van der Waals surface area contributed by atoms with E-state index in [1.807, 2.05) is 0 Å². The van der Waals surface area contributed by atoms with E-state index in [0.29, 0.717) is 0 Å². The third kappa shape index (κ3) is 17.9. The maximum atomic E-state index is 8.93. The van der Waals surface area contributed by atoms with Gasteiger partial charge >= 0.3 is 37.7 Å². The first-order valence-electron chi connectivity index (χ1n) is 1.07. The number of carboxylic acid groups (broad SMARTS) is 2. The van der Waals surface area contributed by atoms with E-state index in [0.717, 1.165) is 0 Å². The van der Waals surface area contributed by atoms with Gasteiger partial charge in [-0.2, -0.15) is 0 Å². The molecule has 50 valence electrons. The third-order valence-corrected chi connectivity index (χ3v) is 0.167. The van der Waals surface area contributed by atoms with Crippen molar-refractivity contribution in [3.05, 3.63) is 0 Å². The van der Waals surface area contributed by atoms with Crippen molar-refractivity contribution < 1.29 is 30.8 Å². The molecule has 0 radical (unpaired) electrons. The van der Waals surface area contributed by atoms with Crippen LogP contribution in [0.15, 0.2) is 0 Å². The molecule has 0 atom stereocenters. The molecule has 0 aliphatic carbocycles. The molecule has 0 bridgehead atoms. The van der Waals surface area contributed by atoms with Crippen molar-refractivity contribution >= 4 is 49.7 Å². The maximum Gasteiger partial charge on any atom is 2.00 e. The van der Waals surface area contributed by atoms with Crippen LogP contribution in [0.3, 0.4) is 0 Å². The number of rotatable bonds is 0. The number of carbonyl (C=O) groups excluding carboxylic acids is 2. The summed E-state index contributed by atoms with van der Waals surface area (Å²) in [5.74, 6) is -4.37. The van der Waals surface area contributed by atoms with Gasteiger partial charge in [-0.05, 0) is 0 Å². The van der Waals surface area contributed by atoms with Crippen molar-refractivity contribution in [3.8, 4) is 0 Å². The molecule has 7 heteroatoms. The average Bonchev–Trinajstić information content (AvgIpc) is 1.36. The summed E-state index contributed by atoms with van der Waals surface area (Å²) in [6, 6.07) is 0. The van der Waals surface area contributed by atoms with Crippen LogP contribution in [-0.4, -0.2) is 60.6 Å². The van der Waals surface area contributed by atoms with E-state index in [1.165, 1.54) is 0 Å². The SMILES string of the molecule is O.O.O=C([O-])C(=O)[O-].[Ca+2]. The van der Waals surface area contributed by atoms with Gasteiger partial charge in [-0.3, -0.25) is 0 Å². The monoisotopic (exact) mass is 164 g/mol. The van der Waals surface area contributed by atoms with Crippen LogP contribution in [0, 0.1) is 0 Å². The van der Waals surface area contributed by atoms with Gasteiger partial charge in [-0.1, -0.05) is 0 Å². The summed E-state index contributed by atoms with van der Waals surface area (Å²) in [6.07, 6.45) is 0. The molecule has 0 aromatic rings. The van der Waals surface area contributed by atoms with Gasteiger partial charge < -0.3 is 30.8 Å². The summed E-state index contributed by atoms with van der Waals surface area (Å²) >= 11 is 0. The zero-order chi connectivity index (χ0) is 5.15. The van der Waals surface area contributed by atoms with Crippen molar-refractivity contribution in [1.82, 2.24) is 0 Å². The molecule has 0 aromatic heterocycles. The van der Waals surface area contributed by atoms with Crippen LogP contribution < -0.4 is 10.2 Å². The Hall–Kier alpha value is 0.120. The van der Waals surface area contributed by atoms with E-state index < -0.39 is 11.9 Å². The number of hydrogen-bond acceptors (Lipinski definition) is 4. The van der Waals surface area contributed by atoms with Crippen LogP contribution in [0.1, 0.15) is 0 Å². The van der Waals surface area contributed by atoms with Crippen molar-refractivity contribution in [1.29, 1.82) is 0 Å². The van der Waals surface area contributed by atoms with Gasteiger partial charge in [0.05, 0.1) is 11.9 Å². The molecule has 6 nitrogen and oxygen atoms in total. The summed E-state index contributed by atoms with van der Waals surface area (Å²) in [7, 11) is 0. The van der Waals surface area contributed by atoms with Gasteiger partial charge in [0.25, 0.3) is 0 Å². The molecule has 0 spiro atoms. The zero-order valence-corrected chi connectivity index (χ0v) is 6.55. The Morgan fingerprint density at radius 3 is 1.00 bits per heavy atom. The average molecular weight is 164 g/mol. The molecule has 0 saturated carbocycles. The second kappa shape index (κ2) is 11.0. The molecule has 9 heavy (non-hydrogen) atoms. The normalized spacial score (nSPS) is 4.89. The molecule has 0 amide bonds. The number of carboxylic acids is 2. The number of hydrogen-bond donors (Lipinski definition) is 0. The molecule has 0 saturated heterocycles. The topological polar surface area (TPSA) is 143 Å². The zero-order valence-electron chi connectivity index (χ0n) is 4.34. The minimum absolute atomic E-state index is 0. The molecular formula is C2H4CaO6. The fourth-order valence-electron chi connectivity index (χ4n) is 0. The summed E-state index contributed by atoms with van der Waals surface area (Å²) in [5, 5.41) is 17.9. The Morgan fingerprint density at radius 2 is 1.00 bits per heavy atom. The van der Waals surface area contributed by atoms with E-state index in [9.17, 15) is 0 Å². The molecule has 0 aromatic carbocycles. The first-order chi connectivity index (χ1) is 2.64. The molecular weight excluding hydrogens is 160 g/mol. The fraction of sp³-hybridized carbons (Fsp3) is 0. The Morgan fingerprint density at radius 1 is 0.889 bits per heavy atom. The Bertz CT molecular complexity index is 77.1. The summed E-state index contributed by atoms with van der Waals surface area (Å²) in [5.41, 5.74) is 0. The first-order valence-corrected chi connectivity index (χ1v) is 1.07. The molecule has 0 aliphatic rings. The summed E-state index contributed by atoms with van der Waals surface area (Å²) in [6.45, 7) is 0. The van der Waals surface area contributed by atoms with Gasteiger partial charge in [-0.25, -0.2) is 0 Å². The molecule has 0 fully saturated rings. The first kappa shape index (κ1) is 22.9. The largest absolute Gasteiger partial charge is 2.00 e. The minimum Gasteiger partial charge on any atom is -0.543 e. The summed E-state index contributed by atoms with van der Waals surface area (Å²) < 4.78 is 0. The molecule has 4 N–H and O–H groups in total. The molecule has 0 unspecified atom stereocenters. The van der Waals surface area contributed by atoms with Crippen LogP contribution in [0.2, 0.25) is 0 Å². The van der Waals surface area contributed by atoms with Gasteiger partial charge in [0, 0.05) is 0 Å². The third-order valence-electron chi connectivity index (χ3n) is 0.167. The Kier molecular flexibility index (Phi) is 28.0. The van der Waals surface area contributed by atoms with Crippen molar-refractivity contribution in [3.63, 3.8) is 0 Å². The van der Waals surface area contributed by atoms with Crippen LogP contribution in [0.4, 0.5) is 0 Å². The van der Waals surface area contributed by atoms with E-state index in [-0.39, 0.29) is 48.7 Å². The van der Waals surface area contributed by atoms with Crippen LogP contribution in [-0.2, 0) is 9.59 Å². The van der Waals surface area contributed by atoms with Crippen LogP contribution >= 0.6 is 0 Å². The standard InChI is InChI=1S/C2H2O4.Ca.2H2O/c3-1(4)2(5)6;;;/h(H,3,4)(H,5,6);;2*1H2/q;+2;;/p-2. The van der Waals surface area contributed by atoms with Gasteiger partial charge in [0.15, 0.2) is 0 Å². The Balaban J connectivity index is -0.0000000417. The van der Waals surface area contributed by atoms with E-state index >= 15 is 0 Å². The van der Waals surface area contributed by atoms with E-state index in [4.69, 9.17) is 19.8 Å². The molecule has 0 aliphatic heterocycles. The van der Waals surface area contributed by atoms with Crippen molar-refractivity contribution in [2.45, 2.75) is 0 Å². The maximum absolute atomic E-state index is 8.93. The smallest absolute Gasteiger partial charge is 0.543 e. The van der Waals surface area contributed by atoms with E-state index in [2.05, 4.69) is 0 Å². The van der Waals surface area contributed by atoms with Gasteiger partial charge in [0.1, 0.15) is 0 Å². The number of carbonyl (C=O) groups is 2. The Labute approximate surface area is 80.1 Å². The predicted molar refractivity (Wildman–Crippen MR) is 23.0 cm³/mol. The van der Waals surface area contributed by atoms with Gasteiger partial charge in [-0.15, -0.1) is 0 Å². The van der Waals surface area contributed by atoms with Crippen LogP contribution in [0.25, 0.3) is 0 Å². The molecule has 0 heterocycles. The van der Waals surface area contributed by atoms with E-state index in [1.54, 1.807) is 0 Å². The van der Waals surface area contributed by atoms with Crippen molar-refractivity contribution in [2.24, 2.45) is 0 Å². The second-order valence-electron chi connectivity index (χ2n) is 0.575. The number of aliphatic carboxylic acids is 2.